The fraction of sp³-hybridized carbons (Fsp3) is 0. The molecule has 6 rings (SSSR count). The fourth-order valence-electron chi connectivity index (χ4n) is 4.44. The molecule has 0 radical (unpaired) electrons. The molecular weight excluding hydrogens is 320 g/mol. The summed E-state index contributed by atoms with van der Waals surface area (Å²) >= 11 is 0. The molecular formula is C24H12O2. The molecule has 0 aliphatic carbocycles. The van der Waals surface area contributed by atoms with Crippen LogP contribution in [0.1, 0.15) is 0 Å². The Kier molecular flexibility index (Phi) is 2.41. The Morgan fingerprint density at radius 1 is 0.385 bits per heavy atom. The van der Waals surface area contributed by atoms with Crippen molar-refractivity contribution in [2.24, 2.45) is 0 Å². The summed E-state index contributed by atoms with van der Waals surface area (Å²) in [5.74, 6) is 0. The number of fused-ring (bicyclic) bond motifs is 9. The Hall–Kier alpha value is -3.52. The Morgan fingerprint density at radius 2 is 0.923 bits per heavy atom. The summed E-state index contributed by atoms with van der Waals surface area (Å²) in [5.41, 5.74) is -0.0808. The third kappa shape index (κ3) is 1.48. The molecule has 26 heavy (non-hydrogen) atoms. The van der Waals surface area contributed by atoms with Crippen LogP contribution in [-0.4, -0.2) is 0 Å². The molecule has 6 aromatic carbocycles. The van der Waals surface area contributed by atoms with Crippen molar-refractivity contribution in [1.82, 2.24) is 0 Å². The largest absolute Gasteiger partial charge is 0.289 e. The van der Waals surface area contributed by atoms with Gasteiger partial charge in [0.1, 0.15) is 0 Å². The van der Waals surface area contributed by atoms with Gasteiger partial charge in [0, 0.05) is 21.5 Å². The highest BCUT2D eigenvalue weighted by atomic mass is 16.1. The molecule has 2 nitrogen and oxygen atoms in total. The van der Waals surface area contributed by atoms with E-state index in [0.29, 0.717) is 16.2 Å². The molecule has 0 saturated carbocycles. The van der Waals surface area contributed by atoms with Crippen molar-refractivity contribution in [3.05, 3.63) is 93.2 Å². The molecule has 0 spiro atoms. The number of hydrogen-bond acceptors (Lipinski definition) is 2. The fourth-order valence-corrected chi connectivity index (χ4v) is 4.44. The smallest absolute Gasteiger partial charge is 0.195 e. The third-order valence-corrected chi connectivity index (χ3v) is 5.57. The Morgan fingerprint density at radius 3 is 1.73 bits per heavy atom. The SMILES string of the molecule is O=c1c2ccccc2c2ccc3c4ccc5ccccc5c4c(=O)c3c12. The quantitative estimate of drug-likeness (QED) is 0.390. The molecule has 0 saturated heterocycles. The molecule has 0 N–H and O–H groups in total. The molecule has 120 valence electrons. The van der Waals surface area contributed by atoms with Gasteiger partial charge in [0.05, 0.1) is 0 Å². The summed E-state index contributed by atoms with van der Waals surface area (Å²) in [6, 6.07) is 23.5. The summed E-state index contributed by atoms with van der Waals surface area (Å²) in [7, 11) is 0. The van der Waals surface area contributed by atoms with Crippen LogP contribution in [-0.2, 0) is 0 Å². The van der Waals surface area contributed by atoms with Crippen molar-refractivity contribution in [2.45, 2.75) is 0 Å². The van der Waals surface area contributed by atoms with Crippen molar-refractivity contribution < 1.29 is 0 Å². The molecule has 0 aromatic heterocycles. The van der Waals surface area contributed by atoms with Gasteiger partial charge in [0.15, 0.2) is 10.9 Å². The number of hydrogen-bond donors (Lipinski definition) is 0. The van der Waals surface area contributed by atoms with Crippen LogP contribution in [0.3, 0.4) is 0 Å². The highest BCUT2D eigenvalue weighted by molar-refractivity contribution is 6.29. The van der Waals surface area contributed by atoms with Gasteiger partial charge in [-0.2, -0.15) is 0 Å². The lowest BCUT2D eigenvalue weighted by atomic mass is 10.0. The van der Waals surface area contributed by atoms with E-state index in [1.165, 1.54) is 0 Å². The maximum atomic E-state index is 13.4. The molecule has 0 bridgehead atoms. The van der Waals surface area contributed by atoms with Gasteiger partial charge in [0.2, 0.25) is 0 Å². The predicted molar refractivity (Wildman–Crippen MR) is 109 cm³/mol. The minimum Gasteiger partial charge on any atom is -0.289 e. The van der Waals surface area contributed by atoms with E-state index >= 15 is 0 Å². The van der Waals surface area contributed by atoms with E-state index in [-0.39, 0.29) is 10.9 Å². The molecule has 0 fully saturated rings. The van der Waals surface area contributed by atoms with Crippen LogP contribution in [0.15, 0.2) is 82.4 Å². The monoisotopic (exact) mass is 332 g/mol. The average Bonchev–Trinajstić information content (AvgIpc) is 3.15. The van der Waals surface area contributed by atoms with E-state index < -0.39 is 0 Å². The second-order valence-electron chi connectivity index (χ2n) is 6.82. The van der Waals surface area contributed by atoms with Crippen LogP contribution in [0.4, 0.5) is 0 Å². The Balaban J connectivity index is 2.00. The second kappa shape index (κ2) is 4.55. The lowest BCUT2D eigenvalue weighted by Gasteiger charge is -1.98. The first-order valence-corrected chi connectivity index (χ1v) is 8.63. The molecule has 0 aliphatic rings. The van der Waals surface area contributed by atoms with Gasteiger partial charge in [-0.05, 0) is 32.3 Å². The van der Waals surface area contributed by atoms with Crippen LogP contribution in [0.5, 0.6) is 0 Å². The summed E-state index contributed by atoms with van der Waals surface area (Å²) in [6.45, 7) is 0. The van der Waals surface area contributed by atoms with Gasteiger partial charge in [-0.3, -0.25) is 9.59 Å². The van der Waals surface area contributed by atoms with E-state index in [1.54, 1.807) is 0 Å². The first-order valence-electron chi connectivity index (χ1n) is 8.63. The standard InChI is InChI=1S/C24H12O2/c25-23-19-8-4-3-7-15(19)16-11-12-18-17-10-9-13-5-1-2-6-14(13)20(17)24(26)22(18)21(16)23/h1-12H. The van der Waals surface area contributed by atoms with Crippen LogP contribution >= 0.6 is 0 Å². The zero-order chi connectivity index (χ0) is 17.4. The summed E-state index contributed by atoms with van der Waals surface area (Å²) in [4.78, 5) is 26.5. The lowest BCUT2D eigenvalue weighted by molar-refractivity contribution is 1.79. The van der Waals surface area contributed by atoms with Gasteiger partial charge in [-0.25, -0.2) is 0 Å². The number of benzene rings is 4. The minimum atomic E-state index is -0.0436. The zero-order valence-corrected chi connectivity index (χ0v) is 13.7. The van der Waals surface area contributed by atoms with Gasteiger partial charge < -0.3 is 0 Å². The van der Waals surface area contributed by atoms with E-state index in [1.807, 2.05) is 72.8 Å². The van der Waals surface area contributed by atoms with Gasteiger partial charge in [0.25, 0.3) is 0 Å². The third-order valence-electron chi connectivity index (χ3n) is 5.57. The number of rotatable bonds is 0. The van der Waals surface area contributed by atoms with Crippen molar-refractivity contribution in [1.29, 1.82) is 0 Å². The highest BCUT2D eigenvalue weighted by Gasteiger charge is 2.19. The molecule has 6 aromatic rings. The van der Waals surface area contributed by atoms with Gasteiger partial charge in [-0.1, -0.05) is 72.8 Å². The molecule has 0 heterocycles. The van der Waals surface area contributed by atoms with Crippen LogP contribution in [0, 0.1) is 0 Å². The molecule has 0 atom stereocenters. The highest BCUT2D eigenvalue weighted by Crippen LogP contribution is 2.35. The van der Waals surface area contributed by atoms with Crippen molar-refractivity contribution in [3.8, 4) is 0 Å². The lowest BCUT2D eigenvalue weighted by Crippen LogP contribution is -2.01. The van der Waals surface area contributed by atoms with E-state index in [2.05, 4.69) is 0 Å². The normalized spacial score (nSPS) is 12.2. The van der Waals surface area contributed by atoms with Gasteiger partial charge >= 0.3 is 0 Å². The summed E-state index contributed by atoms with van der Waals surface area (Å²) < 4.78 is 0. The molecule has 0 aliphatic heterocycles. The Labute approximate surface area is 147 Å². The van der Waals surface area contributed by atoms with Crippen LogP contribution in [0.2, 0.25) is 0 Å². The van der Waals surface area contributed by atoms with E-state index in [9.17, 15) is 9.59 Å². The average molecular weight is 332 g/mol. The summed E-state index contributed by atoms with van der Waals surface area (Å²) in [6.07, 6.45) is 0. The zero-order valence-electron chi connectivity index (χ0n) is 13.7. The van der Waals surface area contributed by atoms with E-state index in [0.717, 1.165) is 37.7 Å². The van der Waals surface area contributed by atoms with Gasteiger partial charge in [-0.15, -0.1) is 0 Å². The maximum Gasteiger partial charge on any atom is 0.195 e. The minimum absolute atomic E-state index is 0.0372. The summed E-state index contributed by atoms with van der Waals surface area (Å²) in [5, 5.41) is 8.11. The topological polar surface area (TPSA) is 34.1 Å². The predicted octanol–water partition coefficient (Wildman–Crippen LogP) is 5.05. The maximum absolute atomic E-state index is 13.4. The van der Waals surface area contributed by atoms with Crippen molar-refractivity contribution >= 4 is 53.9 Å². The second-order valence-corrected chi connectivity index (χ2v) is 6.82. The molecule has 0 amide bonds. The van der Waals surface area contributed by atoms with Crippen LogP contribution < -0.4 is 10.9 Å². The molecule has 2 heteroatoms. The Bertz CT molecular complexity index is 1610. The first-order chi connectivity index (χ1) is 12.8. The van der Waals surface area contributed by atoms with Crippen molar-refractivity contribution in [2.75, 3.05) is 0 Å². The molecule has 0 unspecified atom stereocenters. The van der Waals surface area contributed by atoms with E-state index in [4.69, 9.17) is 0 Å². The van der Waals surface area contributed by atoms with Crippen molar-refractivity contribution in [3.63, 3.8) is 0 Å². The first kappa shape index (κ1) is 13.7. The van der Waals surface area contributed by atoms with Crippen LogP contribution in [0.25, 0.3) is 53.9 Å².